The van der Waals surface area contributed by atoms with E-state index >= 15 is 0 Å². The summed E-state index contributed by atoms with van der Waals surface area (Å²) in [4.78, 5) is 1.70. The number of hydrogen-bond acceptors (Lipinski definition) is 3. The molecule has 0 unspecified atom stereocenters. The maximum atomic E-state index is 8.59. The molecule has 0 N–H and O–H groups in total. The fraction of sp³-hybridized carbons (Fsp3) is 0.714. The van der Waals surface area contributed by atoms with Crippen molar-refractivity contribution in [3.63, 3.8) is 0 Å². The molecule has 0 spiro atoms. The topological polar surface area (TPSA) is 50.8 Å². The molecule has 0 aliphatic rings. The average Bonchev–Trinajstić information content (AvgIpc) is 1.89. The summed E-state index contributed by atoms with van der Waals surface area (Å²) in [6.07, 6.45) is 0. The van der Waals surface area contributed by atoms with Crippen LogP contribution in [0, 0.1) is 22.7 Å². The van der Waals surface area contributed by atoms with Gasteiger partial charge in [-0.05, 0) is 20.9 Å². The van der Waals surface area contributed by atoms with Crippen LogP contribution in [0.4, 0.5) is 0 Å². The maximum Gasteiger partial charge on any atom is 0.104 e. The first kappa shape index (κ1) is 8.94. The standard InChI is InChI=1S/C7H11N3/c1-7(2,6-9)10(3)5-4-8/h5H2,1-3H3. The Morgan fingerprint density at radius 3 is 2.20 bits per heavy atom. The van der Waals surface area contributed by atoms with Gasteiger partial charge in [-0.1, -0.05) is 0 Å². The van der Waals surface area contributed by atoms with Crippen molar-refractivity contribution in [2.24, 2.45) is 0 Å². The van der Waals surface area contributed by atoms with E-state index in [2.05, 4.69) is 6.07 Å². The highest BCUT2D eigenvalue weighted by Crippen LogP contribution is 2.08. The summed E-state index contributed by atoms with van der Waals surface area (Å²) in [7, 11) is 1.76. The van der Waals surface area contributed by atoms with Crippen LogP contribution >= 0.6 is 0 Å². The molecule has 0 radical (unpaired) electrons. The molecule has 3 heteroatoms. The number of rotatable bonds is 2. The molecule has 0 fully saturated rings. The molecular weight excluding hydrogens is 126 g/mol. The minimum Gasteiger partial charge on any atom is -0.276 e. The molecule has 0 atom stereocenters. The highest BCUT2D eigenvalue weighted by atomic mass is 15.2. The third kappa shape index (κ3) is 2.05. The second-order valence-electron chi connectivity index (χ2n) is 2.68. The Morgan fingerprint density at radius 1 is 1.40 bits per heavy atom. The zero-order chi connectivity index (χ0) is 8.20. The van der Waals surface area contributed by atoms with Gasteiger partial charge in [-0.2, -0.15) is 10.5 Å². The van der Waals surface area contributed by atoms with Gasteiger partial charge in [-0.15, -0.1) is 0 Å². The van der Waals surface area contributed by atoms with Crippen LogP contribution in [-0.4, -0.2) is 24.0 Å². The van der Waals surface area contributed by atoms with Crippen molar-refractivity contribution in [1.29, 1.82) is 10.5 Å². The van der Waals surface area contributed by atoms with Crippen LogP contribution in [0.2, 0.25) is 0 Å². The van der Waals surface area contributed by atoms with E-state index in [0.29, 0.717) is 6.54 Å². The second kappa shape index (κ2) is 3.20. The van der Waals surface area contributed by atoms with Crippen LogP contribution in [0.25, 0.3) is 0 Å². The maximum absolute atomic E-state index is 8.59. The van der Waals surface area contributed by atoms with E-state index < -0.39 is 5.54 Å². The van der Waals surface area contributed by atoms with Crippen molar-refractivity contribution in [1.82, 2.24) is 4.90 Å². The molecule has 0 saturated heterocycles. The average molecular weight is 137 g/mol. The first-order valence-corrected chi connectivity index (χ1v) is 3.04. The lowest BCUT2D eigenvalue weighted by atomic mass is 10.1. The van der Waals surface area contributed by atoms with Crippen molar-refractivity contribution >= 4 is 0 Å². The van der Waals surface area contributed by atoms with E-state index in [1.165, 1.54) is 0 Å². The minimum atomic E-state index is -0.532. The van der Waals surface area contributed by atoms with E-state index in [1.54, 1.807) is 25.8 Å². The summed E-state index contributed by atoms with van der Waals surface area (Å²) < 4.78 is 0. The molecule has 54 valence electrons. The molecule has 0 saturated carbocycles. The number of nitrogens with zero attached hydrogens (tertiary/aromatic N) is 3. The minimum absolute atomic E-state index is 0.292. The number of nitriles is 2. The zero-order valence-electron chi connectivity index (χ0n) is 6.55. The fourth-order valence-corrected chi connectivity index (χ4v) is 0.389. The first-order valence-electron chi connectivity index (χ1n) is 3.04. The van der Waals surface area contributed by atoms with E-state index in [4.69, 9.17) is 10.5 Å². The third-order valence-corrected chi connectivity index (χ3v) is 1.54. The van der Waals surface area contributed by atoms with Crippen molar-refractivity contribution < 1.29 is 0 Å². The van der Waals surface area contributed by atoms with E-state index in [0.717, 1.165) is 0 Å². The summed E-state index contributed by atoms with van der Waals surface area (Å²) in [6.45, 7) is 3.86. The summed E-state index contributed by atoms with van der Waals surface area (Å²) in [6, 6.07) is 4.08. The van der Waals surface area contributed by atoms with Gasteiger partial charge < -0.3 is 0 Å². The molecule has 0 aromatic rings. The Bertz CT molecular complexity index is 182. The molecule has 10 heavy (non-hydrogen) atoms. The molecule has 0 aromatic carbocycles. The van der Waals surface area contributed by atoms with Crippen LogP contribution in [0.3, 0.4) is 0 Å². The smallest absolute Gasteiger partial charge is 0.104 e. The van der Waals surface area contributed by atoms with Crippen LogP contribution in [-0.2, 0) is 0 Å². The molecule has 0 amide bonds. The van der Waals surface area contributed by atoms with Gasteiger partial charge in [0.2, 0.25) is 0 Å². The van der Waals surface area contributed by atoms with Crippen molar-refractivity contribution in [2.75, 3.05) is 13.6 Å². The molecule has 0 rings (SSSR count). The van der Waals surface area contributed by atoms with Gasteiger partial charge >= 0.3 is 0 Å². The monoisotopic (exact) mass is 137 g/mol. The van der Waals surface area contributed by atoms with Crippen LogP contribution in [0.15, 0.2) is 0 Å². The van der Waals surface area contributed by atoms with Gasteiger partial charge in [-0.25, -0.2) is 0 Å². The predicted octanol–water partition coefficient (Wildman–Crippen LogP) is 0.744. The normalized spacial score (nSPS) is 10.6. The predicted molar refractivity (Wildman–Crippen MR) is 37.9 cm³/mol. The summed E-state index contributed by atoms with van der Waals surface area (Å²) in [5.74, 6) is 0. The fourth-order valence-electron chi connectivity index (χ4n) is 0.389. The Balaban J connectivity index is 4.10. The molecule has 0 aliphatic carbocycles. The van der Waals surface area contributed by atoms with Gasteiger partial charge in [-0.3, -0.25) is 4.90 Å². The van der Waals surface area contributed by atoms with Gasteiger partial charge in [0.15, 0.2) is 0 Å². The second-order valence-corrected chi connectivity index (χ2v) is 2.68. The van der Waals surface area contributed by atoms with Gasteiger partial charge in [0, 0.05) is 0 Å². The van der Waals surface area contributed by atoms with Crippen molar-refractivity contribution in [2.45, 2.75) is 19.4 Å². The Kier molecular flexibility index (Phi) is 2.86. The highest BCUT2D eigenvalue weighted by Gasteiger charge is 2.21. The zero-order valence-corrected chi connectivity index (χ0v) is 6.55. The quantitative estimate of drug-likeness (QED) is 0.527. The molecule has 0 heterocycles. The lowest BCUT2D eigenvalue weighted by Crippen LogP contribution is -2.39. The van der Waals surface area contributed by atoms with E-state index in [-0.39, 0.29) is 0 Å². The highest BCUT2D eigenvalue weighted by molar-refractivity contribution is 5.02. The summed E-state index contributed by atoms with van der Waals surface area (Å²) in [5.41, 5.74) is -0.532. The molecule has 0 bridgehead atoms. The SMILES string of the molecule is CN(CC#N)C(C)(C)C#N. The lowest BCUT2D eigenvalue weighted by molar-refractivity contribution is 0.237. The molecule has 3 nitrogen and oxygen atoms in total. The third-order valence-electron chi connectivity index (χ3n) is 1.54. The molecule has 0 aliphatic heterocycles. The molecule has 0 aromatic heterocycles. The Hall–Kier alpha value is -1.06. The number of hydrogen-bond donors (Lipinski definition) is 0. The summed E-state index contributed by atoms with van der Waals surface area (Å²) >= 11 is 0. The Labute approximate surface area is 61.5 Å². The van der Waals surface area contributed by atoms with Crippen molar-refractivity contribution in [3.8, 4) is 12.1 Å². The van der Waals surface area contributed by atoms with Crippen LogP contribution in [0.5, 0.6) is 0 Å². The van der Waals surface area contributed by atoms with Crippen molar-refractivity contribution in [3.05, 3.63) is 0 Å². The Morgan fingerprint density at radius 2 is 1.90 bits per heavy atom. The first-order chi connectivity index (χ1) is 4.54. The van der Waals surface area contributed by atoms with Crippen LogP contribution in [0.1, 0.15) is 13.8 Å². The largest absolute Gasteiger partial charge is 0.276 e. The van der Waals surface area contributed by atoms with Crippen LogP contribution < -0.4 is 0 Å². The lowest BCUT2D eigenvalue weighted by Gasteiger charge is -2.25. The molecular formula is C7H11N3. The summed E-state index contributed by atoms with van der Waals surface area (Å²) in [5, 5.41) is 16.9. The van der Waals surface area contributed by atoms with Gasteiger partial charge in [0.05, 0.1) is 18.7 Å². The van der Waals surface area contributed by atoms with E-state index in [9.17, 15) is 0 Å². The van der Waals surface area contributed by atoms with Gasteiger partial charge in [0.1, 0.15) is 5.54 Å². The van der Waals surface area contributed by atoms with Gasteiger partial charge in [0.25, 0.3) is 0 Å². The van der Waals surface area contributed by atoms with E-state index in [1.807, 2.05) is 6.07 Å².